The number of hydrogen-bond donors (Lipinski definition) is 2. The van der Waals surface area contributed by atoms with Crippen LogP contribution >= 0.6 is 0 Å². The van der Waals surface area contributed by atoms with Gasteiger partial charge in [-0.3, -0.25) is 21.4 Å². The molecule has 134 valence electrons. The number of ether oxygens (including phenoxy) is 4. The van der Waals surface area contributed by atoms with E-state index in [0.29, 0.717) is 52.6 Å². The van der Waals surface area contributed by atoms with Gasteiger partial charge >= 0.3 is 5.97 Å². The van der Waals surface area contributed by atoms with E-state index in [1.165, 1.54) is 0 Å². The number of esters is 1. The molecule has 0 saturated heterocycles. The van der Waals surface area contributed by atoms with Gasteiger partial charge in [0.1, 0.15) is 6.61 Å². The highest BCUT2D eigenvalue weighted by Gasteiger charge is 2.09. The number of hydrogen-bond acceptors (Lipinski definition) is 8. The first-order valence-electron chi connectivity index (χ1n) is 7.60. The average molecular weight is 323 g/mol. The minimum atomic E-state index is -0.195. The number of nitrogens with two attached hydrogens (primary N) is 2. The third kappa shape index (κ3) is 17.3. The van der Waals surface area contributed by atoms with E-state index in [4.69, 9.17) is 18.9 Å². The van der Waals surface area contributed by atoms with Crippen molar-refractivity contribution in [3.63, 3.8) is 0 Å². The molecule has 0 saturated carbocycles. The topological polar surface area (TPSA) is 109 Å². The van der Waals surface area contributed by atoms with Crippen molar-refractivity contribution >= 4 is 5.97 Å². The lowest BCUT2D eigenvalue weighted by molar-refractivity contribution is -0.145. The molecule has 0 rings (SSSR count). The third-order valence-corrected chi connectivity index (χ3v) is 2.69. The summed E-state index contributed by atoms with van der Waals surface area (Å²) in [5.41, 5.74) is 0. The summed E-state index contributed by atoms with van der Waals surface area (Å²) in [6, 6.07) is 0. The van der Waals surface area contributed by atoms with Crippen LogP contribution < -0.4 is 11.7 Å². The van der Waals surface area contributed by atoms with E-state index < -0.39 is 0 Å². The standard InChI is InChI=1S/C14H29NO5.H4N2/c1-4-18-10-8-15(9-11-19-5-2)7-6-14(16)20-13-12-17-3;1-2/h4-13H2,1-3H3;1-2H2. The first-order valence-corrected chi connectivity index (χ1v) is 7.60. The molecule has 0 aliphatic carbocycles. The molecular formula is C14H33N3O5. The molecule has 0 aliphatic heterocycles. The van der Waals surface area contributed by atoms with Crippen LogP contribution in [0.15, 0.2) is 0 Å². The number of carbonyl (C=O) groups excluding carboxylic acids is 1. The van der Waals surface area contributed by atoms with Crippen LogP contribution in [0, 0.1) is 0 Å². The Bertz CT molecular complexity index is 223. The molecule has 4 N–H and O–H groups in total. The molecule has 0 spiro atoms. The summed E-state index contributed by atoms with van der Waals surface area (Å²) in [7, 11) is 1.58. The smallest absolute Gasteiger partial charge is 0.307 e. The van der Waals surface area contributed by atoms with Gasteiger partial charge in [0.15, 0.2) is 0 Å². The highest BCUT2D eigenvalue weighted by molar-refractivity contribution is 5.69. The van der Waals surface area contributed by atoms with Gasteiger partial charge in [-0.25, -0.2) is 0 Å². The van der Waals surface area contributed by atoms with Crippen molar-refractivity contribution < 1.29 is 23.7 Å². The molecule has 22 heavy (non-hydrogen) atoms. The Morgan fingerprint density at radius 2 is 1.45 bits per heavy atom. The van der Waals surface area contributed by atoms with Gasteiger partial charge in [-0.1, -0.05) is 0 Å². The van der Waals surface area contributed by atoms with Crippen molar-refractivity contribution in [3.05, 3.63) is 0 Å². The molecule has 0 fully saturated rings. The van der Waals surface area contributed by atoms with Crippen LogP contribution in [-0.4, -0.2) is 77.3 Å². The number of hydrazine groups is 1. The van der Waals surface area contributed by atoms with E-state index in [1.807, 2.05) is 13.8 Å². The highest BCUT2D eigenvalue weighted by atomic mass is 16.6. The Morgan fingerprint density at radius 1 is 0.909 bits per heavy atom. The van der Waals surface area contributed by atoms with E-state index in [2.05, 4.69) is 16.6 Å². The van der Waals surface area contributed by atoms with E-state index in [9.17, 15) is 4.79 Å². The Labute approximate surface area is 134 Å². The summed E-state index contributed by atoms with van der Waals surface area (Å²) < 4.78 is 20.5. The monoisotopic (exact) mass is 323 g/mol. The maximum absolute atomic E-state index is 11.5. The number of nitrogens with zero attached hydrogens (tertiary/aromatic N) is 1. The predicted molar refractivity (Wildman–Crippen MR) is 85.3 cm³/mol. The van der Waals surface area contributed by atoms with Crippen LogP contribution in [-0.2, 0) is 23.7 Å². The van der Waals surface area contributed by atoms with E-state index in [-0.39, 0.29) is 5.97 Å². The fourth-order valence-corrected chi connectivity index (χ4v) is 1.57. The lowest BCUT2D eigenvalue weighted by Crippen LogP contribution is -2.33. The summed E-state index contributed by atoms with van der Waals surface area (Å²) in [6.45, 7) is 9.69. The Morgan fingerprint density at radius 3 is 1.91 bits per heavy atom. The first-order chi connectivity index (χ1) is 10.7. The molecule has 0 aliphatic rings. The zero-order valence-electron chi connectivity index (χ0n) is 14.2. The number of rotatable bonds is 14. The van der Waals surface area contributed by atoms with Crippen LogP contribution in [0.4, 0.5) is 0 Å². The van der Waals surface area contributed by atoms with E-state index in [1.54, 1.807) is 7.11 Å². The molecule has 0 aromatic heterocycles. The molecular weight excluding hydrogens is 290 g/mol. The number of carbonyl (C=O) groups is 1. The predicted octanol–water partition coefficient (Wildman–Crippen LogP) is -0.240. The second kappa shape index (κ2) is 20.2. The molecule has 8 heteroatoms. The van der Waals surface area contributed by atoms with Gasteiger partial charge < -0.3 is 18.9 Å². The van der Waals surface area contributed by atoms with Gasteiger partial charge in [0.2, 0.25) is 0 Å². The van der Waals surface area contributed by atoms with Crippen LogP contribution in [0.5, 0.6) is 0 Å². The fourth-order valence-electron chi connectivity index (χ4n) is 1.57. The van der Waals surface area contributed by atoms with Crippen LogP contribution in [0.3, 0.4) is 0 Å². The summed E-state index contributed by atoms with van der Waals surface area (Å²) in [5, 5.41) is 0. The van der Waals surface area contributed by atoms with Crippen molar-refractivity contribution in [3.8, 4) is 0 Å². The van der Waals surface area contributed by atoms with Gasteiger partial charge in [0.25, 0.3) is 0 Å². The summed E-state index contributed by atoms with van der Waals surface area (Å²) >= 11 is 0. The molecule has 0 bridgehead atoms. The molecule has 8 nitrogen and oxygen atoms in total. The second-order valence-corrected chi connectivity index (χ2v) is 4.20. The van der Waals surface area contributed by atoms with Gasteiger partial charge in [-0.15, -0.1) is 0 Å². The number of methoxy groups -OCH3 is 1. The zero-order valence-corrected chi connectivity index (χ0v) is 14.2. The quantitative estimate of drug-likeness (QED) is 0.195. The van der Waals surface area contributed by atoms with Gasteiger partial charge in [0, 0.05) is 40.0 Å². The molecule has 0 unspecified atom stereocenters. The maximum atomic E-state index is 11.5. The molecule has 0 radical (unpaired) electrons. The van der Waals surface area contributed by atoms with Crippen LogP contribution in [0.25, 0.3) is 0 Å². The Hall–Kier alpha value is -0.770. The fraction of sp³-hybridized carbons (Fsp3) is 0.929. The van der Waals surface area contributed by atoms with E-state index >= 15 is 0 Å². The molecule has 0 aromatic rings. The van der Waals surface area contributed by atoms with Crippen LogP contribution in [0.2, 0.25) is 0 Å². The Kier molecular flexibility index (Phi) is 21.6. The molecule has 0 amide bonds. The Balaban J connectivity index is 0. The van der Waals surface area contributed by atoms with Crippen molar-refractivity contribution in [2.75, 3.05) is 66.4 Å². The normalized spacial score (nSPS) is 10.3. The SMILES string of the molecule is CCOCCN(CCOCC)CCC(=O)OCCOC.NN. The van der Waals surface area contributed by atoms with Crippen molar-refractivity contribution in [2.45, 2.75) is 20.3 Å². The van der Waals surface area contributed by atoms with Crippen molar-refractivity contribution in [1.82, 2.24) is 4.90 Å². The van der Waals surface area contributed by atoms with Crippen molar-refractivity contribution in [2.24, 2.45) is 11.7 Å². The third-order valence-electron chi connectivity index (χ3n) is 2.69. The van der Waals surface area contributed by atoms with Gasteiger partial charge in [-0.05, 0) is 13.8 Å². The minimum absolute atomic E-state index is 0.195. The highest BCUT2D eigenvalue weighted by Crippen LogP contribution is 1.96. The largest absolute Gasteiger partial charge is 0.463 e. The zero-order chi connectivity index (χ0) is 17.1. The molecule has 0 atom stereocenters. The van der Waals surface area contributed by atoms with Gasteiger partial charge in [0.05, 0.1) is 26.2 Å². The van der Waals surface area contributed by atoms with Crippen molar-refractivity contribution in [1.29, 1.82) is 0 Å². The lowest BCUT2D eigenvalue weighted by Gasteiger charge is -2.21. The molecule has 0 aromatic carbocycles. The first kappa shape index (κ1) is 23.5. The summed E-state index contributed by atoms with van der Waals surface area (Å²) in [4.78, 5) is 13.7. The minimum Gasteiger partial charge on any atom is -0.463 e. The lowest BCUT2D eigenvalue weighted by atomic mass is 10.3. The van der Waals surface area contributed by atoms with E-state index in [0.717, 1.165) is 13.1 Å². The summed E-state index contributed by atoms with van der Waals surface area (Å²) in [5.74, 6) is 7.81. The maximum Gasteiger partial charge on any atom is 0.307 e. The van der Waals surface area contributed by atoms with Gasteiger partial charge in [-0.2, -0.15) is 0 Å². The average Bonchev–Trinajstić information content (AvgIpc) is 2.54. The van der Waals surface area contributed by atoms with Crippen LogP contribution in [0.1, 0.15) is 20.3 Å². The summed E-state index contributed by atoms with van der Waals surface area (Å²) in [6.07, 6.45) is 0.377. The second-order valence-electron chi connectivity index (χ2n) is 4.20. The molecule has 0 heterocycles.